The number of rotatable bonds is 5. The third-order valence-electron chi connectivity index (χ3n) is 3.55. The maximum Gasteiger partial charge on any atom is 0.313 e. The Labute approximate surface area is 108 Å². The molecule has 1 aromatic carbocycles. The molecule has 1 fully saturated rings. The number of methoxy groups -OCH3 is 1. The topological polar surface area (TPSA) is 35.5 Å². The van der Waals surface area contributed by atoms with E-state index in [0.29, 0.717) is 5.92 Å². The zero-order valence-corrected chi connectivity index (χ0v) is 11.0. The molecule has 0 radical (unpaired) electrons. The zero-order chi connectivity index (χ0) is 13.0. The summed E-state index contributed by atoms with van der Waals surface area (Å²) in [5.41, 5.74) is 2.33. The van der Waals surface area contributed by atoms with Gasteiger partial charge in [-0.2, -0.15) is 0 Å². The monoisotopic (exact) mass is 248 g/mol. The molecule has 0 aliphatic carbocycles. The van der Waals surface area contributed by atoms with Crippen LogP contribution in [0, 0.1) is 5.92 Å². The Morgan fingerprint density at radius 3 is 2.50 bits per heavy atom. The number of hydrogen-bond donors (Lipinski definition) is 0. The number of carbonyl (C=O) groups is 1. The van der Waals surface area contributed by atoms with Crippen molar-refractivity contribution in [3.05, 3.63) is 35.4 Å². The van der Waals surface area contributed by atoms with Crippen molar-refractivity contribution >= 4 is 5.97 Å². The summed E-state index contributed by atoms with van der Waals surface area (Å²) < 4.78 is 10.1. The van der Waals surface area contributed by atoms with E-state index in [1.54, 1.807) is 0 Å². The number of benzene rings is 1. The highest BCUT2D eigenvalue weighted by Crippen LogP contribution is 2.29. The quantitative estimate of drug-likeness (QED) is 0.751. The fourth-order valence-corrected chi connectivity index (χ4v) is 2.25. The van der Waals surface area contributed by atoms with Crippen LogP contribution in [0.25, 0.3) is 0 Å². The molecule has 1 aliphatic heterocycles. The summed E-state index contributed by atoms with van der Waals surface area (Å²) in [6, 6.07) is 8.25. The van der Waals surface area contributed by atoms with Gasteiger partial charge >= 0.3 is 5.97 Å². The first-order valence-corrected chi connectivity index (χ1v) is 6.49. The first-order valence-electron chi connectivity index (χ1n) is 6.49. The molecule has 1 aromatic rings. The smallest absolute Gasteiger partial charge is 0.313 e. The van der Waals surface area contributed by atoms with E-state index in [2.05, 4.69) is 19.1 Å². The van der Waals surface area contributed by atoms with Crippen molar-refractivity contribution in [2.24, 2.45) is 5.92 Å². The Morgan fingerprint density at radius 1 is 1.39 bits per heavy atom. The molecular formula is C15H20O3. The van der Waals surface area contributed by atoms with Gasteiger partial charge in [0.2, 0.25) is 0 Å². The van der Waals surface area contributed by atoms with Crippen LogP contribution >= 0.6 is 0 Å². The third kappa shape index (κ3) is 2.91. The second-order valence-corrected chi connectivity index (χ2v) is 4.81. The molecule has 0 saturated carbocycles. The van der Waals surface area contributed by atoms with Crippen LogP contribution < -0.4 is 0 Å². The van der Waals surface area contributed by atoms with Gasteiger partial charge in [0, 0.05) is 5.92 Å². The summed E-state index contributed by atoms with van der Waals surface area (Å²) in [6.07, 6.45) is 1.83. The van der Waals surface area contributed by atoms with E-state index in [1.807, 2.05) is 12.1 Å². The van der Waals surface area contributed by atoms with E-state index >= 15 is 0 Å². The summed E-state index contributed by atoms with van der Waals surface area (Å²) in [6.45, 7) is 3.65. The lowest BCUT2D eigenvalue weighted by atomic mass is 9.87. The molecule has 98 valence electrons. The van der Waals surface area contributed by atoms with Gasteiger partial charge in [0.1, 0.15) is 0 Å². The van der Waals surface area contributed by atoms with Crippen molar-refractivity contribution in [3.63, 3.8) is 0 Å². The summed E-state index contributed by atoms with van der Waals surface area (Å²) in [5.74, 6) is 0.181. The number of hydrogen-bond acceptors (Lipinski definition) is 3. The molecule has 0 bridgehead atoms. The molecule has 1 aliphatic rings. The van der Waals surface area contributed by atoms with Crippen molar-refractivity contribution in [1.82, 2.24) is 0 Å². The van der Waals surface area contributed by atoms with Crippen molar-refractivity contribution in [3.8, 4) is 0 Å². The van der Waals surface area contributed by atoms with Gasteiger partial charge in [-0.25, -0.2) is 0 Å². The van der Waals surface area contributed by atoms with Crippen LogP contribution in [0.3, 0.4) is 0 Å². The van der Waals surface area contributed by atoms with E-state index < -0.39 is 0 Å². The van der Waals surface area contributed by atoms with E-state index in [9.17, 15) is 4.79 Å². The van der Waals surface area contributed by atoms with Gasteiger partial charge < -0.3 is 9.47 Å². The van der Waals surface area contributed by atoms with Crippen LogP contribution in [-0.4, -0.2) is 26.3 Å². The number of ether oxygens (including phenoxy) is 2. The van der Waals surface area contributed by atoms with Crippen LogP contribution in [0.2, 0.25) is 0 Å². The van der Waals surface area contributed by atoms with Crippen LogP contribution in [0.4, 0.5) is 0 Å². The van der Waals surface area contributed by atoms with Crippen LogP contribution in [0.15, 0.2) is 24.3 Å². The number of carbonyl (C=O) groups excluding carboxylic acids is 1. The summed E-state index contributed by atoms with van der Waals surface area (Å²) in [4.78, 5) is 11.9. The van der Waals surface area contributed by atoms with Gasteiger partial charge in [0.15, 0.2) is 0 Å². The van der Waals surface area contributed by atoms with Gasteiger partial charge in [-0.1, -0.05) is 31.2 Å². The molecule has 0 N–H and O–H groups in total. The van der Waals surface area contributed by atoms with Crippen molar-refractivity contribution < 1.29 is 14.3 Å². The average molecular weight is 248 g/mol. The maximum absolute atomic E-state index is 11.9. The molecule has 3 heteroatoms. The molecule has 1 unspecified atom stereocenters. The highest BCUT2D eigenvalue weighted by Gasteiger charge is 2.29. The van der Waals surface area contributed by atoms with Crippen LogP contribution in [-0.2, 0) is 20.7 Å². The summed E-state index contributed by atoms with van der Waals surface area (Å²) in [7, 11) is 1.45. The Bertz CT molecular complexity index is 393. The second kappa shape index (κ2) is 6.01. The molecule has 18 heavy (non-hydrogen) atoms. The normalized spacial score (nSPS) is 17.0. The van der Waals surface area contributed by atoms with Crippen molar-refractivity contribution in [2.45, 2.75) is 25.7 Å². The predicted octanol–water partition coefficient (Wildman–Crippen LogP) is 2.54. The largest absolute Gasteiger partial charge is 0.469 e. The van der Waals surface area contributed by atoms with E-state index in [-0.39, 0.29) is 11.9 Å². The highest BCUT2D eigenvalue weighted by molar-refractivity contribution is 5.78. The third-order valence-corrected chi connectivity index (χ3v) is 3.55. The summed E-state index contributed by atoms with van der Waals surface area (Å²) >= 11 is 0. The van der Waals surface area contributed by atoms with E-state index in [4.69, 9.17) is 9.47 Å². The van der Waals surface area contributed by atoms with Gasteiger partial charge in [-0.3, -0.25) is 4.79 Å². The van der Waals surface area contributed by atoms with Gasteiger partial charge in [0.05, 0.1) is 26.2 Å². The minimum atomic E-state index is -0.158. The highest BCUT2D eigenvalue weighted by atomic mass is 16.5. The predicted molar refractivity (Wildman–Crippen MR) is 69.5 cm³/mol. The Balaban J connectivity index is 2.12. The lowest BCUT2D eigenvalue weighted by Gasteiger charge is -2.29. The molecule has 1 saturated heterocycles. The molecule has 3 nitrogen and oxygen atoms in total. The molecule has 1 heterocycles. The summed E-state index contributed by atoms with van der Waals surface area (Å²) in [5, 5.41) is 0. The Hall–Kier alpha value is -1.35. The minimum Gasteiger partial charge on any atom is -0.469 e. The van der Waals surface area contributed by atoms with E-state index in [0.717, 1.165) is 31.6 Å². The van der Waals surface area contributed by atoms with Crippen molar-refractivity contribution in [1.29, 1.82) is 0 Å². The zero-order valence-electron chi connectivity index (χ0n) is 11.0. The first kappa shape index (κ1) is 13.1. The molecule has 0 spiro atoms. The molecule has 1 atom stereocenters. The fourth-order valence-electron chi connectivity index (χ4n) is 2.25. The Kier molecular flexibility index (Phi) is 4.37. The van der Waals surface area contributed by atoms with Crippen LogP contribution in [0.5, 0.6) is 0 Å². The second-order valence-electron chi connectivity index (χ2n) is 4.81. The van der Waals surface area contributed by atoms with Gasteiger partial charge in [0.25, 0.3) is 0 Å². The minimum absolute atomic E-state index is 0.147. The molecular weight excluding hydrogens is 228 g/mol. The SMILES string of the molecule is CCc1ccc(C(CC2COC2)C(=O)OC)cc1. The molecule has 0 aromatic heterocycles. The average Bonchev–Trinajstić information content (AvgIpc) is 2.37. The number of aryl methyl sites for hydroxylation is 1. The fraction of sp³-hybridized carbons (Fsp3) is 0.533. The molecule has 2 rings (SSSR count). The maximum atomic E-state index is 11.9. The van der Waals surface area contributed by atoms with Crippen molar-refractivity contribution in [2.75, 3.05) is 20.3 Å². The molecule has 0 amide bonds. The number of esters is 1. The van der Waals surface area contributed by atoms with Gasteiger partial charge in [-0.15, -0.1) is 0 Å². The lowest BCUT2D eigenvalue weighted by Crippen LogP contribution is -2.31. The van der Waals surface area contributed by atoms with Gasteiger partial charge in [-0.05, 0) is 24.0 Å². The van der Waals surface area contributed by atoms with E-state index in [1.165, 1.54) is 12.7 Å². The Morgan fingerprint density at radius 2 is 2.06 bits per heavy atom. The first-order chi connectivity index (χ1) is 8.74. The van der Waals surface area contributed by atoms with Crippen LogP contribution in [0.1, 0.15) is 30.4 Å². The standard InChI is InChI=1S/C15H20O3/c1-3-11-4-6-13(7-5-11)14(15(16)17-2)8-12-9-18-10-12/h4-7,12,14H,3,8-10H2,1-2H3. The lowest BCUT2D eigenvalue weighted by molar-refractivity contribution is -0.144.